The van der Waals surface area contributed by atoms with Gasteiger partial charge in [-0.1, -0.05) is 23.7 Å². The Balaban J connectivity index is 1.33. The molecule has 0 radical (unpaired) electrons. The molecule has 1 unspecified atom stereocenters. The maximum Gasteiger partial charge on any atom is 0.317 e. The van der Waals surface area contributed by atoms with Crippen LogP contribution in [0.1, 0.15) is 6.42 Å². The summed E-state index contributed by atoms with van der Waals surface area (Å²) in [4.78, 5) is 31.0. The number of nitrogens with zero attached hydrogens (tertiary/aromatic N) is 3. The number of hydrogen-bond acceptors (Lipinski definition) is 5. The van der Waals surface area contributed by atoms with E-state index in [1.54, 1.807) is 36.2 Å². The number of amides is 3. The number of methoxy groups -OCH3 is 2. The molecule has 170 valence electrons. The number of nitrogens with one attached hydrogen (secondary N) is 1. The van der Waals surface area contributed by atoms with Crippen LogP contribution < -0.4 is 24.6 Å². The minimum Gasteiger partial charge on any atom is -0.493 e. The maximum absolute atomic E-state index is 12.8. The number of urea groups is 1. The molecule has 0 bridgehead atoms. The van der Waals surface area contributed by atoms with Gasteiger partial charge in [0.15, 0.2) is 11.5 Å². The van der Waals surface area contributed by atoms with Crippen molar-refractivity contribution in [2.45, 2.75) is 12.5 Å². The van der Waals surface area contributed by atoms with E-state index in [2.05, 4.69) is 10.2 Å². The van der Waals surface area contributed by atoms with Crippen LogP contribution in [-0.4, -0.2) is 69.8 Å². The molecule has 2 aromatic carbocycles. The highest BCUT2D eigenvalue weighted by Gasteiger charge is 2.33. The highest BCUT2D eigenvalue weighted by Crippen LogP contribution is 2.33. The van der Waals surface area contributed by atoms with Gasteiger partial charge in [0, 0.05) is 50.9 Å². The number of para-hydroxylation sites is 1. The van der Waals surface area contributed by atoms with Gasteiger partial charge in [-0.3, -0.25) is 4.79 Å². The van der Waals surface area contributed by atoms with Crippen molar-refractivity contribution >= 4 is 34.9 Å². The third-order valence-electron chi connectivity index (χ3n) is 5.89. The van der Waals surface area contributed by atoms with Gasteiger partial charge < -0.3 is 29.5 Å². The lowest BCUT2D eigenvalue weighted by molar-refractivity contribution is -0.117. The van der Waals surface area contributed by atoms with Crippen molar-refractivity contribution in [3.63, 3.8) is 0 Å². The molecule has 1 N–H and O–H groups in total. The molecule has 2 saturated heterocycles. The topological polar surface area (TPSA) is 74.4 Å². The van der Waals surface area contributed by atoms with Crippen LogP contribution in [0.5, 0.6) is 11.5 Å². The van der Waals surface area contributed by atoms with Crippen molar-refractivity contribution in [2.75, 3.05) is 56.7 Å². The largest absolute Gasteiger partial charge is 0.493 e. The first-order valence-corrected chi connectivity index (χ1v) is 10.9. The second-order valence-electron chi connectivity index (χ2n) is 7.82. The zero-order valence-corrected chi connectivity index (χ0v) is 19.0. The molecule has 1 atom stereocenters. The lowest BCUT2D eigenvalue weighted by atomic mass is 10.2. The molecular formula is C23H27ClN4O4. The van der Waals surface area contributed by atoms with Gasteiger partial charge in [0.1, 0.15) is 0 Å². The van der Waals surface area contributed by atoms with Crippen LogP contribution >= 0.6 is 11.6 Å². The van der Waals surface area contributed by atoms with E-state index in [0.717, 1.165) is 11.4 Å². The van der Waals surface area contributed by atoms with Crippen LogP contribution in [-0.2, 0) is 4.79 Å². The summed E-state index contributed by atoms with van der Waals surface area (Å²) >= 11 is 6.30. The number of anilines is 2. The molecule has 4 rings (SSSR count). The summed E-state index contributed by atoms with van der Waals surface area (Å²) in [7, 11) is 3.13. The van der Waals surface area contributed by atoms with E-state index in [1.165, 1.54) is 0 Å². The summed E-state index contributed by atoms with van der Waals surface area (Å²) in [6.07, 6.45) is 0.264. The van der Waals surface area contributed by atoms with Crippen molar-refractivity contribution in [1.82, 2.24) is 10.2 Å². The van der Waals surface area contributed by atoms with Crippen LogP contribution in [0.3, 0.4) is 0 Å². The predicted molar refractivity (Wildman–Crippen MR) is 124 cm³/mol. The van der Waals surface area contributed by atoms with Crippen molar-refractivity contribution in [1.29, 1.82) is 0 Å². The molecule has 0 aromatic heterocycles. The second-order valence-corrected chi connectivity index (χ2v) is 8.23. The fourth-order valence-corrected chi connectivity index (χ4v) is 4.43. The molecule has 2 fully saturated rings. The fourth-order valence-electron chi connectivity index (χ4n) is 4.17. The van der Waals surface area contributed by atoms with Gasteiger partial charge in [-0.05, 0) is 24.3 Å². The number of carbonyl (C=O) groups is 2. The summed E-state index contributed by atoms with van der Waals surface area (Å²) < 4.78 is 10.6. The Morgan fingerprint density at radius 2 is 1.75 bits per heavy atom. The van der Waals surface area contributed by atoms with E-state index < -0.39 is 0 Å². The summed E-state index contributed by atoms with van der Waals surface area (Å²) in [5, 5.41) is 3.73. The number of piperazine rings is 1. The summed E-state index contributed by atoms with van der Waals surface area (Å²) in [6.45, 7) is 3.02. The second kappa shape index (κ2) is 9.56. The minimum atomic E-state index is -0.246. The van der Waals surface area contributed by atoms with Gasteiger partial charge in [0.25, 0.3) is 0 Å². The third kappa shape index (κ3) is 4.55. The first-order valence-electron chi connectivity index (χ1n) is 10.6. The Morgan fingerprint density at radius 3 is 2.44 bits per heavy atom. The van der Waals surface area contributed by atoms with Crippen LogP contribution in [0.15, 0.2) is 42.5 Å². The molecule has 32 heavy (non-hydrogen) atoms. The number of ether oxygens (including phenoxy) is 2. The maximum atomic E-state index is 12.8. The zero-order valence-electron chi connectivity index (χ0n) is 18.2. The van der Waals surface area contributed by atoms with E-state index in [1.807, 2.05) is 30.3 Å². The molecule has 2 aromatic rings. The van der Waals surface area contributed by atoms with Gasteiger partial charge in [-0.25, -0.2) is 4.79 Å². The minimum absolute atomic E-state index is 0.0361. The van der Waals surface area contributed by atoms with Gasteiger partial charge in [-0.15, -0.1) is 0 Å². The van der Waals surface area contributed by atoms with Crippen LogP contribution in [0.2, 0.25) is 5.02 Å². The lowest BCUT2D eigenvalue weighted by Crippen LogP contribution is -2.54. The first-order chi connectivity index (χ1) is 15.5. The van der Waals surface area contributed by atoms with Gasteiger partial charge >= 0.3 is 6.03 Å². The molecule has 9 heteroatoms. The predicted octanol–water partition coefficient (Wildman–Crippen LogP) is 2.99. The first kappa shape index (κ1) is 22.1. The van der Waals surface area contributed by atoms with Gasteiger partial charge in [-0.2, -0.15) is 0 Å². The average molecular weight is 459 g/mol. The van der Waals surface area contributed by atoms with Crippen LogP contribution in [0, 0.1) is 0 Å². The Bertz CT molecular complexity index is 994. The van der Waals surface area contributed by atoms with Crippen molar-refractivity contribution in [3.8, 4) is 11.5 Å². The quantitative estimate of drug-likeness (QED) is 0.745. The smallest absolute Gasteiger partial charge is 0.317 e. The Morgan fingerprint density at radius 1 is 1.03 bits per heavy atom. The van der Waals surface area contributed by atoms with E-state index >= 15 is 0 Å². The summed E-state index contributed by atoms with van der Waals surface area (Å²) in [6, 6.07) is 12.7. The SMILES string of the molecule is COc1ccc(N2CC(NC(=O)N3CCN(c4ccccc4Cl)CC3)CC2=O)cc1OC. The zero-order chi connectivity index (χ0) is 22.7. The molecule has 0 spiro atoms. The van der Waals surface area contributed by atoms with Crippen molar-refractivity contribution in [2.24, 2.45) is 0 Å². The van der Waals surface area contributed by atoms with Crippen molar-refractivity contribution in [3.05, 3.63) is 47.5 Å². The Hall–Kier alpha value is -3.13. The molecule has 0 saturated carbocycles. The highest BCUT2D eigenvalue weighted by atomic mass is 35.5. The summed E-state index contributed by atoms with van der Waals surface area (Å²) in [5.41, 5.74) is 1.71. The number of hydrogen-bond donors (Lipinski definition) is 1. The molecule has 2 aliphatic heterocycles. The molecule has 2 aliphatic rings. The standard InChI is InChI=1S/C23H27ClN4O4/c1-31-20-8-7-17(14-21(20)32-2)28-15-16(13-22(28)29)25-23(30)27-11-9-26(10-12-27)19-6-4-3-5-18(19)24/h3-8,14,16H,9-13,15H2,1-2H3,(H,25,30). The lowest BCUT2D eigenvalue weighted by Gasteiger charge is -2.36. The number of rotatable bonds is 5. The number of benzene rings is 2. The highest BCUT2D eigenvalue weighted by molar-refractivity contribution is 6.33. The van der Waals surface area contributed by atoms with E-state index in [4.69, 9.17) is 21.1 Å². The van der Waals surface area contributed by atoms with E-state index in [9.17, 15) is 9.59 Å². The van der Waals surface area contributed by atoms with E-state index in [-0.39, 0.29) is 24.4 Å². The molecule has 2 heterocycles. The van der Waals surface area contributed by atoms with Gasteiger partial charge in [0.05, 0.1) is 31.0 Å². The Kier molecular flexibility index (Phi) is 6.60. The van der Waals surface area contributed by atoms with E-state index in [0.29, 0.717) is 49.2 Å². The van der Waals surface area contributed by atoms with Crippen LogP contribution in [0.4, 0.5) is 16.2 Å². The molecular weight excluding hydrogens is 432 g/mol. The molecule has 0 aliphatic carbocycles. The number of halogens is 1. The van der Waals surface area contributed by atoms with Gasteiger partial charge in [0.2, 0.25) is 5.91 Å². The Labute approximate surface area is 192 Å². The van der Waals surface area contributed by atoms with Crippen LogP contribution in [0.25, 0.3) is 0 Å². The number of carbonyl (C=O) groups excluding carboxylic acids is 2. The third-order valence-corrected chi connectivity index (χ3v) is 6.21. The summed E-state index contributed by atoms with van der Waals surface area (Å²) in [5.74, 6) is 1.12. The monoisotopic (exact) mass is 458 g/mol. The molecule has 3 amide bonds. The average Bonchev–Trinajstić information content (AvgIpc) is 3.18. The normalized spacial score (nSPS) is 18.7. The molecule has 8 nitrogen and oxygen atoms in total. The fraction of sp³-hybridized carbons (Fsp3) is 0.391. The van der Waals surface area contributed by atoms with Crippen molar-refractivity contribution < 1.29 is 19.1 Å².